The third-order valence-corrected chi connectivity index (χ3v) is 5.40. The Hall–Kier alpha value is -2.14. The van der Waals surface area contributed by atoms with Crippen molar-refractivity contribution >= 4 is 28.8 Å². The second-order valence-corrected chi connectivity index (χ2v) is 7.49. The van der Waals surface area contributed by atoms with Crippen LogP contribution in [0.1, 0.15) is 22.0 Å². The van der Waals surface area contributed by atoms with E-state index in [4.69, 9.17) is 11.6 Å². The Bertz CT molecular complexity index is 804. The van der Waals surface area contributed by atoms with E-state index in [2.05, 4.69) is 40.3 Å². The summed E-state index contributed by atoms with van der Waals surface area (Å²) < 4.78 is 0. The number of rotatable bonds is 8. The molecule has 2 aromatic carbocycles. The van der Waals surface area contributed by atoms with Gasteiger partial charge in [-0.25, -0.2) is 0 Å². The number of hydrogen-bond donors (Lipinski definition) is 2. The summed E-state index contributed by atoms with van der Waals surface area (Å²) in [5, 5.41) is 7.90. The summed E-state index contributed by atoms with van der Waals surface area (Å²) in [5.41, 5.74) is 2.38. The van der Waals surface area contributed by atoms with Gasteiger partial charge in [-0.05, 0) is 35.6 Å². The van der Waals surface area contributed by atoms with Gasteiger partial charge in [0.1, 0.15) is 6.04 Å². The minimum absolute atomic E-state index is 0.0523. The van der Waals surface area contributed by atoms with Gasteiger partial charge in [0.25, 0.3) is 5.91 Å². The molecule has 0 spiro atoms. The lowest BCUT2D eigenvalue weighted by molar-refractivity contribution is -0.676. The Morgan fingerprint density at radius 1 is 1.04 bits per heavy atom. The molecule has 0 aliphatic heterocycles. The third kappa shape index (κ3) is 5.43. The van der Waals surface area contributed by atoms with Crippen LogP contribution < -0.4 is 10.6 Å². The van der Waals surface area contributed by atoms with Gasteiger partial charge in [0.05, 0.1) is 4.88 Å². The first kappa shape index (κ1) is 18.6. The largest absolute Gasteiger partial charge is 0.351 e. The number of nitrogens with two attached hydrogens (primary N) is 1. The van der Waals surface area contributed by atoms with Crippen molar-refractivity contribution in [3.63, 3.8) is 0 Å². The average molecular weight is 386 g/mol. The van der Waals surface area contributed by atoms with E-state index in [9.17, 15) is 4.79 Å². The number of carbonyl (C=O) groups is 1. The fourth-order valence-corrected chi connectivity index (χ4v) is 3.82. The molecule has 26 heavy (non-hydrogen) atoms. The molecule has 1 amide bonds. The fraction of sp³-hybridized carbons (Fsp3) is 0.190. The zero-order valence-electron chi connectivity index (χ0n) is 14.4. The van der Waals surface area contributed by atoms with Gasteiger partial charge >= 0.3 is 0 Å². The molecule has 1 heterocycles. The van der Waals surface area contributed by atoms with Crippen LogP contribution in [0.3, 0.4) is 0 Å². The van der Waals surface area contributed by atoms with E-state index in [1.54, 1.807) is 11.3 Å². The number of nitrogens with one attached hydrogen (secondary N) is 1. The Labute approximate surface area is 163 Å². The highest BCUT2D eigenvalue weighted by Gasteiger charge is 2.19. The second-order valence-electron chi connectivity index (χ2n) is 6.07. The normalized spacial score (nSPS) is 11.9. The van der Waals surface area contributed by atoms with Gasteiger partial charge in [-0.3, -0.25) is 4.79 Å². The van der Waals surface area contributed by atoms with Crippen molar-refractivity contribution in [2.24, 2.45) is 0 Å². The molecule has 0 radical (unpaired) electrons. The van der Waals surface area contributed by atoms with Crippen LogP contribution in [0.4, 0.5) is 0 Å². The Balaban J connectivity index is 1.50. The minimum Gasteiger partial charge on any atom is -0.351 e. The van der Waals surface area contributed by atoms with Crippen molar-refractivity contribution in [2.45, 2.75) is 12.5 Å². The lowest BCUT2D eigenvalue weighted by Crippen LogP contribution is -2.87. The van der Waals surface area contributed by atoms with Gasteiger partial charge < -0.3 is 10.6 Å². The third-order valence-electron chi connectivity index (χ3n) is 4.20. The molecule has 3 nitrogen and oxygen atoms in total. The van der Waals surface area contributed by atoms with Gasteiger partial charge in [-0.2, -0.15) is 0 Å². The number of thiophene rings is 1. The summed E-state index contributed by atoms with van der Waals surface area (Å²) >= 11 is 7.61. The van der Waals surface area contributed by atoms with Crippen LogP contribution in [-0.2, 0) is 11.2 Å². The molecule has 5 heteroatoms. The van der Waals surface area contributed by atoms with Crippen LogP contribution in [-0.4, -0.2) is 19.0 Å². The van der Waals surface area contributed by atoms with Crippen LogP contribution in [0.5, 0.6) is 0 Å². The van der Waals surface area contributed by atoms with Crippen molar-refractivity contribution in [1.29, 1.82) is 0 Å². The summed E-state index contributed by atoms with van der Waals surface area (Å²) in [6, 6.07) is 22.4. The predicted octanol–water partition coefficient (Wildman–Crippen LogP) is 3.41. The van der Waals surface area contributed by atoms with Crippen LogP contribution in [0, 0.1) is 0 Å². The highest BCUT2D eigenvalue weighted by molar-refractivity contribution is 7.10. The number of carbonyl (C=O) groups excluding carboxylic acids is 1. The maximum Gasteiger partial charge on any atom is 0.275 e. The van der Waals surface area contributed by atoms with E-state index in [0.717, 1.165) is 11.4 Å². The highest BCUT2D eigenvalue weighted by Crippen LogP contribution is 2.22. The van der Waals surface area contributed by atoms with Gasteiger partial charge in [-0.15, -0.1) is 11.3 Å². The lowest BCUT2D eigenvalue weighted by atomic mass is 10.1. The summed E-state index contributed by atoms with van der Waals surface area (Å²) in [4.78, 5) is 13.5. The topological polar surface area (TPSA) is 45.7 Å². The van der Waals surface area contributed by atoms with E-state index in [1.165, 1.54) is 16.0 Å². The van der Waals surface area contributed by atoms with Crippen molar-refractivity contribution in [1.82, 2.24) is 5.32 Å². The predicted molar refractivity (Wildman–Crippen MR) is 108 cm³/mol. The zero-order valence-corrected chi connectivity index (χ0v) is 16.0. The molecule has 3 N–H and O–H groups in total. The standard InChI is InChI=1S/C21H21ClN2OS/c22-18-10-8-16(9-11-18)12-13-23-20(25)15-24-21(19-7-4-14-26-19)17-5-2-1-3-6-17/h1-11,14,21,24H,12-13,15H2,(H,23,25)/p+1/t21-/m1/s1. The summed E-state index contributed by atoms with van der Waals surface area (Å²) in [5.74, 6) is 0.0523. The smallest absolute Gasteiger partial charge is 0.275 e. The molecule has 0 aliphatic carbocycles. The van der Waals surface area contributed by atoms with E-state index in [0.29, 0.717) is 13.1 Å². The molecule has 3 aromatic rings. The summed E-state index contributed by atoms with van der Waals surface area (Å²) in [6.45, 7) is 1.03. The molecule has 0 unspecified atom stereocenters. The molecule has 0 saturated heterocycles. The molecule has 134 valence electrons. The summed E-state index contributed by atoms with van der Waals surface area (Å²) in [6.07, 6.45) is 0.802. The molecule has 0 fully saturated rings. The molecule has 0 aliphatic rings. The lowest BCUT2D eigenvalue weighted by Gasteiger charge is -2.14. The fourth-order valence-electron chi connectivity index (χ4n) is 2.84. The zero-order chi connectivity index (χ0) is 18.2. The molecule has 1 atom stereocenters. The van der Waals surface area contributed by atoms with Crippen molar-refractivity contribution in [3.05, 3.63) is 93.1 Å². The number of benzene rings is 2. The van der Waals surface area contributed by atoms with E-state index in [1.807, 2.05) is 42.5 Å². The molecule has 3 rings (SSSR count). The van der Waals surface area contributed by atoms with Gasteiger partial charge in [0.2, 0.25) is 0 Å². The number of halogens is 1. The first-order chi connectivity index (χ1) is 12.7. The molecule has 0 bridgehead atoms. The Morgan fingerprint density at radius 3 is 2.50 bits per heavy atom. The van der Waals surface area contributed by atoms with Crippen molar-refractivity contribution in [3.8, 4) is 0 Å². The quantitative estimate of drug-likeness (QED) is 0.613. The number of amides is 1. The van der Waals surface area contributed by atoms with Gasteiger partial charge in [0.15, 0.2) is 6.54 Å². The van der Waals surface area contributed by atoms with Gasteiger partial charge in [0, 0.05) is 17.1 Å². The molecular formula is C21H22ClN2OS+. The van der Waals surface area contributed by atoms with E-state index in [-0.39, 0.29) is 11.9 Å². The summed E-state index contributed by atoms with van der Waals surface area (Å²) in [7, 11) is 0. The minimum atomic E-state index is 0.0523. The first-order valence-electron chi connectivity index (χ1n) is 8.65. The van der Waals surface area contributed by atoms with Crippen molar-refractivity contribution < 1.29 is 10.1 Å². The average Bonchev–Trinajstić information content (AvgIpc) is 3.19. The molecular weight excluding hydrogens is 364 g/mol. The number of hydrogen-bond acceptors (Lipinski definition) is 2. The van der Waals surface area contributed by atoms with Crippen LogP contribution in [0.25, 0.3) is 0 Å². The second kappa shape index (κ2) is 9.53. The van der Waals surface area contributed by atoms with E-state index >= 15 is 0 Å². The van der Waals surface area contributed by atoms with Crippen LogP contribution in [0.2, 0.25) is 5.02 Å². The maximum absolute atomic E-state index is 12.2. The molecule has 0 saturated carbocycles. The SMILES string of the molecule is O=C(C[NH2+][C@H](c1ccccc1)c1cccs1)NCCc1ccc(Cl)cc1. The number of quaternary nitrogens is 1. The van der Waals surface area contributed by atoms with Crippen molar-refractivity contribution in [2.75, 3.05) is 13.1 Å². The van der Waals surface area contributed by atoms with Gasteiger partial charge in [-0.1, -0.05) is 60.1 Å². The maximum atomic E-state index is 12.2. The van der Waals surface area contributed by atoms with E-state index < -0.39 is 0 Å². The van der Waals surface area contributed by atoms with Crippen LogP contribution >= 0.6 is 22.9 Å². The Kier molecular flexibility index (Phi) is 6.83. The first-order valence-corrected chi connectivity index (χ1v) is 9.91. The molecule has 1 aromatic heterocycles. The Morgan fingerprint density at radius 2 is 1.81 bits per heavy atom. The van der Waals surface area contributed by atoms with Crippen LogP contribution in [0.15, 0.2) is 72.1 Å². The monoisotopic (exact) mass is 385 g/mol. The highest BCUT2D eigenvalue weighted by atomic mass is 35.5.